The van der Waals surface area contributed by atoms with Crippen LogP contribution < -0.4 is 9.64 Å². The van der Waals surface area contributed by atoms with Crippen LogP contribution >= 0.6 is 23.2 Å². The van der Waals surface area contributed by atoms with Gasteiger partial charge < -0.3 is 14.7 Å². The molecule has 204 valence electrons. The molecular formula is C29H24Cl2N4O5. The zero-order valence-electron chi connectivity index (χ0n) is 21.4. The number of nitriles is 1. The van der Waals surface area contributed by atoms with Crippen LogP contribution in [0.25, 0.3) is 0 Å². The van der Waals surface area contributed by atoms with Gasteiger partial charge in [-0.25, -0.2) is 14.5 Å². The molecule has 40 heavy (non-hydrogen) atoms. The van der Waals surface area contributed by atoms with Crippen LogP contribution in [0.4, 0.5) is 10.5 Å². The molecule has 3 aromatic rings. The van der Waals surface area contributed by atoms with Gasteiger partial charge in [-0.05, 0) is 53.6 Å². The average Bonchev–Trinajstić information content (AvgIpc) is 3.39. The first-order chi connectivity index (χ1) is 19.1. The minimum atomic E-state index is -1.22. The molecule has 9 nitrogen and oxygen atoms in total. The number of rotatable bonds is 7. The van der Waals surface area contributed by atoms with Crippen molar-refractivity contribution in [1.82, 2.24) is 9.80 Å². The van der Waals surface area contributed by atoms with Crippen LogP contribution in [0.2, 0.25) is 10.0 Å². The number of carboxylic acid groups (broad SMARTS) is 1. The third-order valence-electron chi connectivity index (χ3n) is 7.37. The van der Waals surface area contributed by atoms with Crippen LogP contribution in [0, 0.1) is 11.3 Å². The summed E-state index contributed by atoms with van der Waals surface area (Å²) < 4.78 is 5.22. The van der Waals surface area contributed by atoms with E-state index in [2.05, 4.69) is 11.0 Å². The minimum absolute atomic E-state index is 0.265. The monoisotopic (exact) mass is 578 g/mol. The van der Waals surface area contributed by atoms with Crippen molar-refractivity contribution < 1.29 is 24.2 Å². The topological polar surface area (TPSA) is 114 Å². The molecule has 2 fully saturated rings. The maximum Gasteiger partial charge on any atom is 0.341 e. The van der Waals surface area contributed by atoms with Crippen LogP contribution in [-0.2, 0) is 16.1 Å². The number of hydrogen-bond donors (Lipinski definition) is 1. The Balaban J connectivity index is 1.49. The number of carboxylic acids is 1. The quantitative estimate of drug-likeness (QED) is 0.402. The molecule has 2 aliphatic heterocycles. The molecule has 3 aromatic carbocycles. The summed E-state index contributed by atoms with van der Waals surface area (Å²) in [5, 5.41) is 18.7. The Morgan fingerprint density at radius 3 is 2.33 bits per heavy atom. The lowest BCUT2D eigenvalue weighted by atomic mass is 9.80. The number of ether oxygens (including phenoxy) is 1. The maximum atomic E-state index is 14.3. The highest BCUT2D eigenvalue weighted by molar-refractivity contribution is 6.35. The lowest BCUT2D eigenvalue weighted by Gasteiger charge is -2.34. The summed E-state index contributed by atoms with van der Waals surface area (Å²) in [6.45, 7) is 0.778. The Hall–Kier alpha value is -4.10. The second-order valence-corrected chi connectivity index (χ2v) is 10.7. The summed E-state index contributed by atoms with van der Waals surface area (Å²) in [5.41, 5.74) is 1.33. The van der Waals surface area contributed by atoms with Gasteiger partial charge in [-0.2, -0.15) is 5.26 Å². The number of amides is 3. The van der Waals surface area contributed by atoms with Gasteiger partial charge in [0.15, 0.2) is 6.61 Å². The minimum Gasteiger partial charge on any atom is -0.482 e. The number of benzene rings is 3. The Morgan fingerprint density at radius 2 is 1.73 bits per heavy atom. The Kier molecular flexibility index (Phi) is 7.43. The Bertz CT molecular complexity index is 1500. The van der Waals surface area contributed by atoms with E-state index in [1.807, 2.05) is 24.3 Å². The van der Waals surface area contributed by atoms with Crippen molar-refractivity contribution in [2.45, 2.75) is 18.0 Å². The van der Waals surface area contributed by atoms with E-state index in [1.165, 1.54) is 23.1 Å². The molecule has 2 aliphatic rings. The first-order valence-electron chi connectivity index (χ1n) is 12.4. The van der Waals surface area contributed by atoms with Gasteiger partial charge in [0.25, 0.3) is 5.91 Å². The van der Waals surface area contributed by atoms with E-state index in [9.17, 15) is 19.6 Å². The highest BCUT2D eigenvalue weighted by Gasteiger charge is 2.64. The number of nitrogens with zero attached hydrogens (tertiary/aromatic N) is 4. The summed E-state index contributed by atoms with van der Waals surface area (Å²) in [4.78, 5) is 43.4. The standard InChI is InChI=1S/C29H24Cl2N4O5/c1-33-28(39)35(23-11-21(30)10-22(31)12-23)27(38)29(33)17-34(15-25(29)20-6-2-18(13-32)3-7-20)14-19-4-8-24(9-5-19)40-16-26(36)37/h2-12,25H,14-17H2,1H3,(H,36,37)/t25-,29+/m0/s1. The van der Waals surface area contributed by atoms with Gasteiger partial charge >= 0.3 is 12.0 Å². The molecule has 11 heteroatoms. The summed E-state index contributed by atoms with van der Waals surface area (Å²) >= 11 is 12.4. The molecule has 0 aromatic heterocycles. The molecule has 2 saturated heterocycles. The number of hydrogen-bond acceptors (Lipinski definition) is 6. The normalized spacial score (nSPS) is 20.8. The SMILES string of the molecule is CN1C(=O)N(c2cc(Cl)cc(Cl)c2)C(=O)[C@]12CN(Cc1ccc(OCC(=O)O)cc1)C[C@H]2c1ccc(C#N)cc1. The number of halogens is 2. The predicted molar refractivity (Wildman–Crippen MR) is 149 cm³/mol. The molecule has 1 spiro atoms. The first-order valence-corrected chi connectivity index (χ1v) is 13.1. The van der Waals surface area contributed by atoms with Crippen LogP contribution in [0.5, 0.6) is 5.75 Å². The van der Waals surface area contributed by atoms with Crippen molar-refractivity contribution in [3.8, 4) is 11.8 Å². The van der Waals surface area contributed by atoms with Crippen molar-refractivity contribution in [2.24, 2.45) is 0 Å². The number of urea groups is 1. The van der Waals surface area contributed by atoms with E-state index in [0.717, 1.165) is 16.0 Å². The van der Waals surface area contributed by atoms with Gasteiger partial charge in [0.2, 0.25) is 0 Å². The van der Waals surface area contributed by atoms with E-state index < -0.39 is 24.1 Å². The smallest absolute Gasteiger partial charge is 0.341 e. The fourth-order valence-electron chi connectivity index (χ4n) is 5.51. The lowest BCUT2D eigenvalue weighted by molar-refractivity contribution is -0.139. The molecule has 2 atom stereocenters. The van der Waals surface area contributed by atoms with Gasteiger partial charge in [-0.1, -0.05) is 47.5 Å². The Labute approximate surface area is 240 Å². The van der Waals surface area contributed by atoms with Gasteiger partial charge in [0.1, 0.15) is 11.3 Å². The summed E-state index contributed by atoms with van der Waals surface area (Å²) in [5.74, 6) is -1.40. The fourth-order valence-corrected chi connectivity index (χ4v) is 6.02. The third kappa shape index (κ3) is 4.97. The predicted octanol–water partition coefficient (Wildman–Crippen LogP) is 4.77. The summed E-state index contributed by atoms with van der Waals surface area (Å²) in [6, 6.07) is 20.4. The average molecular weight is 579 g/mol. The number of aliphatic carboxylic acids is 1. The van der Waals surface area contributed by atoms with Gasteiger partial charge in [-0.3, -0.25) is 9.69 Å². The number of anilines is 1. The zero-order valence-corrected chi connectivity index (χ0v) is 22.9. The number of carbonyl (C=O) groups is 3. The van der Waals surface area contributed by atoms with E-state index in [0.29, 0.717) is 40.1 Å². The lowest BCUT2D eigenvalue weighted by Crippen LogP contribution is -2.53. The van der Waals surface area contributed by atoms with Crippen LogP contribution in [-0.4, -0.2) is 65.1 Å². The van der Waals surface area contributed by atoms with Crippen molar-refractivity contribution in [3.63, 3.8) is 0 Å². The molecule has 2 heterocycles. The highest BCUT2D eigenvalue weighted by atomic mass is 35.5. The van der Waals surface area contributed by atoms with E-state index in [4.69, 9.17) is 33.0 Å². The van der Waals surface area contributed by atoms with Crippen LogP contribution in [0.3, 0.4) is 0 Å². The summed E-state index contributed by atoms with van der Waals surface area (Å²) in [6.07, 6.45) is 0. The zero-order chi connectivity index (χ0) is 28.6. The molecule has 0 unspecified atom stereocenters. The molecule has 1 N–H and O–H groups in total. The van der Waals surface area contributed by atoms with Crippen molar-refractivity contribution in [2.75, 3.05) is 31.6 Å². The highest BCUT2D eigenvalue weighted by Crippen LogP contribution is 2.47. The number of likely N-dealkylation sites (tertiary alicyclic amines) is 1. The van der Waals surface area contributed by atoms with E-state index in [1.54, 1.807) is 31.3 Å². The molecule has 0 aliphatic carbocycles. The second kappa shape index (κ2) is 10.8. The molecule has 5 rings (SSSR count). The molecule has 0 radical (unpaired) electrons. The summed E-state index contributed by atoms with van der Waals surface area (Å²) in [7, 11) is 1.63. The number of likely N-dealkylation sites (N-methyl/N-ethyl adjacent to an activating group) is 1. The largest absolute Gasteiger partial charge is 0.482 e. The van der Waals surface area contributed by atoms with Crippen molar-refractivity contribution >= 4 is 46.8 Å². The van der Waals surface area contributed by atoms with Crippen LogP contribution in [0.15, 0.2) is 66.7 Å². The third-order valence-corrected chi connectivity index (χ3v) is 7.81. The second-order valence-electron chi connectivity index (χ2n) is 9.82. The number of carbonyl (C=O) groups excluding carboxylic acids is 2. The molecule has 3 amide bonds. The first kappa shape index (κ1) is 27.5. The van der Waals surface area contributed by atoms with Gasteiger partial charge in [0.05, 0.1) is 17.3 Å². The van der Waals surface area contributed by atoms with E-state index >= 15 is 0 Å². The van der Waals surface area contributed by atoms with Gasteiger partial charge in [0, 0.05) is 42.6 Å². The van der Waals surface area contributed by atoms with Crippen LogP contribution in [0.1, 0.15) is 22.6 Å². The Morgan fingerprint density at radius 1 is 1.07 bits per heavy atom. The number of imide groups is 1. The molecule has 0 saturated carbocycles. The van der Waals surface area contributed by atoms with Gasteiger partial charge in [-0.15, -0.1) is 0 Å². The fraction of sp³-hybridized carbons (Fsp3) is 0.241. The van der Waals surface area contributed by atoms with E-state index in [-0.39, 0.29) is 18.4 Å². The molecular weight excluding hydrogens is 555 g/mol. The maximum absolute atomic E-state index is 14.3. The molecule has 0 bridgehead atoms. The van der Waals surface area contributed by atoms with Crippen molar-refractivity contribution in [1.29, 1.82) is 5.26 Å². The van der Waals surface area contributed by atoms with Crippen molar-refractivity contribution in [3.05, 3.63) is 93.5 Å².